The molecule has 1 fully saturated rings. The number of morpholine rings is 1. The standard InChI is InChI=1S/C22H28N2O4/c1-15-10-20(18(4)24(15)13-19-8-6-5-7-9-19)22(26)27-14-21(25)23-11-16(2)28-17(3)12-23/h5-10,16-17H,11-14H2,1-4H3/t16-,17+. The molecule has 0 N–H and O–H groups in total. The predicted octanol–water partition coefficient (Wildman–Crippen LogP) is 2.95. The summed E-state index contributed by atoms with van der Waals surface area (Å²) in [5, 5.41) is 0. The number of benzene rings is 1. The molecule has 28 heavy (non-hydrogen) atoms. The molecular weight excluding hydrogens is 356 g/mol. The number of carbonyl (C=O) groups is 2. The Kier molecular flexibility index (Phi) is 6.19. The summed E-state index contributed by atoms with van der Waals surface area (Å²) in [5.41, 5.74) is 3.49. The summed E-state index contributed by atoms with van der Waals surface area (Å²) in [5.74, 6) is -0.649. The second-order valence-electron chi connectivity index (χ2n) is 7.49. The van der Waals surface area contributed by atoms with Crippen molar-refractivity contribution in [2.24, 2.45) is 0 Å². The Morgan fingerprint density at radius 3 is 2.39 bits per heavy atom. The molecule has 0 unspecified atom stereocenters. The van der Waals surface area contributed by atoms with Gasteiger partial charge in [-0.3, -0.25) is 4.79 Å². The topological polar surface area (TPSA) is 60.8 Å². The number of nitrogens with zero attached hydrogens (tertiary/aromatic N) is 2. The van der Waals surface area contributed by atoms with Crippen molar-refractivity contribution >= 4 is 11.9 Å². The van der Waals surface area contributed by atoms with E-state index < -0.39 is 5.97 Å². The fourth-order valence-corrected chi connectivity index (χ4v) is 3.69. The second kappa shape index (κ2) is 8.61. The monoisotopic (exact) mass is 384 g/mol. The van der Waals surface area contributed by atoms with Crippen LogP contribution in [0, 0.1) is 13.8 Å². The summed E-state index contributed by atoms with van der Waals surface area (Å²) in [6.45, 7) is 9.22. The summed E-state index contributed by atoms with van der Waals surface area (Å²) in [4.78, 5) is 26.7. The Morgan fingerprint density at radius 1 is 1.11 bits per heavy atom. The number of carbonyl (C=O) groups excluding carboxylic acids is 2. The van der Waals surface area contributed by atoms with Crippen molar-refractivity contribution in [2.75, 3.05) is 19.7 Å². The molecular formula is C22H28N2O4. The lowest BCUT2D eigenvalue weighted by molar-refractivity contribution is -0.146. The van der Waals surface area contributed by atoms with Crippen molar-refractivity contribution in [2.45, 2.75) is 46.4 Å². The Balaban J connectivity index is 1.63. The summed E-state index contributed by atoms with van der Waals surface area (Å²) in [6, 6.07) is 11.9. The zero-order chi connectivity index (χ0) is 20.3. The van der Waals surface area contributed by atoms with E-state index in [2.05, 4.69) is 16.7 Å². The molecule has 1 saturated heterocycles. The highest BCUT2D eigenvalue weighted by Crippen LogP contribution is 2.18. The Labute approximate surface area is 166 Å². The Morgan fingerprint density at radius 2 is 1.75 bits per heavy atom. The molecule has 1 aliphatic heterocycles. The zero-order valence-electron chi connectivity index (χ0n) is 17.0. The lowest BCUT2D eigenvalue weighted by atomic mass is 10.2. The lowest BCUT2D eigenvalue weighted by Gasteiger charge is -2.35. The van der Waals surface area contributed by atoms with E-state index in [9.17, 15) is 9.59 Å². The third-order valence-electron chi connectivity index (χ3n) is 5.08. The van der Waals surface area contributed by atoms with Gasteiger partial charge in [0.15, 0.2) is 6.61 Å². The number of esters is 1. The first-order valence-corrected chi connectivity index (χ1v) is 9.66. The van der Waals surface area contributed by atoms with Gasteiger partial charge in [0, 0.05) is 31.0 Å². The van der Waals surface area contributed by atoms with Gasteiger partial charge < -0.3 is 18.9 Å². The minimum absolute atomic E-state index is 0.0136. The maximum absolute atomic E-state index is 12.6. The third-order valence-corrected chi connectivity index (χ3v) is 5.08. The van der Waals surface area contributed by atoms with E-state index in [-0.39, 0.29) is 24.7 Å². The molecule has 6 nitrogen and oxygen atoms in total. The van der Waals surface area contributed by atoms with Crippen molar-refractivity contribution in [1.29, 1.82) is 0 Å². The molecule has 150 valence electrons. The smallest absolute Gasteiger partial charge is 0.340 e. The molecule has 1 aliphatic rings. The molecule has 2 atom stereocenters. The summed E-state index contributed by atoms with van der Waals surface area (Å²) in [7, 11) is 0. The molecule has 3 rings (SSSR count). The van der Waals surface area contributed by atoms with Crippen LogP contribution in [0.4, 0.5) is 0 Å². The summed E-state index contributed by atoms with van der Waals surface area (Å²) in [6.07, 6.45) is -0.0272. The number of amides is 1. The van der Waals surface area contributed by atoms with Crippen LogP contribution in [0.1, 0.15) is 41.2 Å². The predicted molar refractivity (Wildman–Crippen MR) is 106 cm³/mol. The highest BCUT2D eigenvalue weighted by atomic mass is 16.5. The third kappa shape index (κ3) is 4.62. The molecule has 2 heterocycles. The van der Waals surface area contributed by atoms with Gasteiger partial charge in [0.1, 0.15) is 0 Å². The first kappa shape index (κ1) is 20.1. The molecule has 0 radical (unpaired) electrons. The fraction of sp³-hybridized carbons (Fsp3) is 0.455. The van der Waals surface area contributed by atoms with E-state index in [1.165, 1.54) is 0 Å². The van der Waals surface area contributed by atoms with E-state index in [0.717, 1.165) is 17.0 Å². The highest BCUT2D eigenvalue weighted by molar-refractivity contribution is 5.92. The number of aromatic nitrogens is 1. The van der Waals surface area contributed by atoms with Crippen molar-refractivity contribution < 1.29 is 19.1 Å². The minimum atomic E-state index is -0.463. The number of aryl methyl sites for hydroxylation is 1. The second-order valence-corrected chi connectivity index (χ2v) is 7.49. The van der Waals surface area contributed by atoms with Crippen LogP contribution in [0.15, 0.2) is 36.4 Å². The average molecular weight is 384 g/mol. The van der Waals surface area contributed by atoms with Crippen LogP contribution in [0.25, 0.3) is 0 Å². The normalized spacial score (nSPS) is 19.5. The van der Waals surface area contributed by atoms with Crippen LogP contribution in [0.5, 0.6) is 0 Å². The Bertz CT molecular complexity index is 834. The molecule has 0 aliphatic carbocycles. The Hall–Kier alpha value is -2.60. The van der Waals surface area contributed by atoms with E-state index in [4.69, 9.17) is 9.47 Å². The average Bonchev–Trinajstić information content (AvgIpc) is 2.94. The van der Waals surface area contributed by atoms with Crippen LogP contribution in [0.2, 0.25) is 0 Å². The van der Waals surface area contributed by atoms with E-state index in [1.54, 1.807) is 4.90 Å². The van der Waals surface area contributed by atoms with Gasteiger partial charge in [0.25, 0.3) is 5.91 Å². The maximum atomic E-state index is 12.6. The van der Waals surface area contributed by atoms with Gasteiger partial charge in [-0.2, -0.15) is 0 Å². The number of hydrogen-bond donors (Lipinski definition) is 0. The van der Waals surface area contributed by atoms with Crippen LogP contribution < -0.4 is 0 Å². The van der Waals surface area contributed by atoms with Crippen LogP contribution in [0.3, 0.4) is 0 Å². The fourth-order valence-electron chi connectivity index (χ4n) is 3.69. The van der Waals surface area contributed by atoms with Crippen LogP contribution in [-0.4, -0.2) is 53.2 Å². The van der Waals surface area contributed by atoms with Crippen LogP contribution in [-0.2, 0) is 20.8 Å². The molecule has 2 aromatic rings. The molecule has 0 bridgehead atoms. The van der Waals surface area contributed by atoms with Gasteiger partial charge in [-0.15, -0.1) is 0 Å². The number of hydrogen-bond acceptors (Lipinski definition) is 4. The molecule has 1 amide bonds. The quantitative estimate of drug-likeness (QED) is 0.744. The van der Waals surface area contributed by atoms with Crippen LogP contribution >= 0.6 is 0 Å². The van der Waals surface area contributed by atoms with E-state index >= 15 is 0 Å². The highest BCUT2D eigenvalue weighted by Gasteiger charge is 2.27. The molecule has 1 aromatic carbocycles. The lowest BCUT2D eigenvalue weighted by Crippen LogP contribution is -2.49. The van der Waals surface area contributed by atoms with Crippen molar-refractivity contribution in [3.8, 4) is 0 Å². The molecule has 0 spiro atoms. The number of rotatable bonds is 5. The van der Waals surface area contributed by atoms with Gasteiger partial charge in [0.05, 0.1) is 17.8 Å². The molecule has 0 saturated carbocycles. The maximum Gasteiger partial charge on any atom is 0.340 e. The first-order chi connectivity index (χ1) is 13.3. The van der Waals surface area contributed by atoms with Gasteiger partial charge >= 0.3 is 5.97 Å². The van der Waals surface area contributed by atoms with Gasteiger partial charge in [0.2, 0.25) is 0 Å². The van der Waals surface area contributed by atoms with Crippen molar-refractivity contribution in [1.82, 2.24) is 9.47 Å². The largest absolute Gasteiger partial charge is 0.452 e. The van der Waals surface area contributed by atoms with E-state index in [1.807, 2.05) is 52.0 Å². The number of ether oxygens (including phenoxy) is 2. The van der Waals surface area contributed by atoms with Crippen molar-refractivity contribution in [3.05, 3.63) is 58.9 Å². The summed E-state index contributed by atoms with van der Waals surface area (Å²) >= 11 is 0. The minimum Gasteiger partial charge on any atom is -0.452 e. The molecule has 1 aromatic heterocycles. The molecule has 6 heteroatoms. The van der Waals surface area contributed by atoms with E-state index in [0.29, 0.717) is 25.2 Å². The first-order valence-electron chi connectivity index (χ1n) is 9.66. The van der Waals surface area contributed by atoms with Gasteiger partial charge in [-0.25, -0.2) is 4.79 Å². The van der Waals surface area contributed by atoms with Gasteiger partial charge in [-0.05, 0) is 39.3 Å². The van der Waals surface area contributed by atoms with Gasteiger partial charge in [-0.1, -0.05) is 30.3 Å². The summed E-state index contributed by atoms with van der Waals surface area (Å²) < 4.78 is 13.0. The zero-order valence-corrected chi connectivity index (χ0v) is 17.0. The SMILES string of the molecule is Cc1cc(C(=O)OCC(=O)N2C[C@@H](C)O[C@@H](C)C2)c(C)n1Cc1ccccc1. The van der Waals surface area contributed by atoms with Crippen molar-refractivity contribution in [3.63, 3.8) is 0 Å².